The van der Waals surface area contributed by atoms with Crippen molar-refractivity contribution in [1.29, 1.82) is 0 Å². The lowest BCUT2D eigenvalue weighted by Gasteiger charge is -2.19. The molecular weight excluding hydrogens is 341 g/mol. The fraction of sp³-hybridized carbons (Fsp3) is 0.529. The number of nitrogens with zero attached hydrogens (tertiary/aromatic N) is 5. The van der Waals surface area contributed by atoms with Crippen LogP contribution in [0.4, 0.5) is 4.39 Å². The fourth-order valence-corrected chi connectivity index (χ4v) is 3.27. The maximum atomic E-state index is 14.2. The highest BCUT2D eigenvalue weighted by Crippen LogP contribution is 2.26. The van der Waals surface area contributed by atoms with Crippen LogP contribution in [0.1, 0.15) is 35.8 Å². The summed E-state index contributed by atoms with van der Waals surface area (Å²) in [5.74, 6) is -0.196. The van der Waals surface area contributed by atoms with Crippen LogP contribution in [0.2, 0.25) is 0 Å². The van der Waals surface area contributed by atoms with E-state index in [1.54, 1.807) is 15.8 Å². The average molecular weight is 361 g/mol. The highest BCUT2D eigenvalue weighted by Gasteiger charge is 2.32. The maximum absolute atomic E-state index is 14.2. The van der Waals surface area contributed by atoms with Gasteiger partial charge >= 0.3 is 0 Å². The Bertz CT molecular complexity index is 825. The van der Waals surface area contributed by atoms with Crippen molar-refractivity contribution in [2.45, 2.75) is 38.8 Å². The van der Waals surface area contributed by atoms with Gasteiger partial charge in [-0.25, -0.2) is 9.67 Å². The molecule has 138 valence electrons. The third kappa shape index (κ3) is 2.97. The molecule has 4 heterocycles. The second-order valence-electron chi connectivity index (χ2n) is 6.36. The molecule has 1 fully saturated rings. The number of likely N-dealkylation sites (tertiary alicyclic amines) is 1. The molecule has 0 spiro atoms. The Hall–Kier alpha value is -2.71. The van der Waals surface area contributed by atoms with E-state index in [0.29, 0.717) is 49.7 Å². The van der Waals surface area contributed by atoms with Gasteiger partial charge in [-0.3, -0.25) is 4.79 Å². The van der Waals surface area contributed by atoms with Gasteiger partial charge in [-0.05, 0) is 6.42 Å². The van der Waals surface area contributed by atoms with Crippen molar-refractivity contribution in [2.75, 3.05) is 19.7 Å². The van der Waals surface area contributed by atoms with Gasteiger partial charge in [0.15, 0.2) is 0 Å². The Kier molecular flexibility index (Phi) is 4.44. The number of halogens is 1. The minimum Gasteiger partial charge on any atom is -0.477 e. The van der Waals surface area contributed by atoms with Crippen molar-refractivity contribution in [2.24, 2.45) is 0 Å². The van der Waals surface area contributed by atoms with Gasteiger partial charge in [-0.2, -0.15) is 14.5 Å². The van der Waals surface area contributed by atoms with E-state index in [0.717, 1.165) is 13.0 Å². The lowest BCUT2D eigenvalue weighted by molar-refractivity contribution is 0.0763. The largest absolute Gasteiger partial charge is 0.477 e. The molecule has 0 aliphatic carbocycles. The fourth-order valence-electron chi connectivity index (χ4n) is 3.27. The highest BCUT2D eigenvalue weighted by atomic mass is 19.1. The molecule has 4 rings (SSSR count). The second-order valence-corrected chi connectivity index (χ2v) is 6.36. The molecule has 0 radical (unpaired) electrons. The number of amides is 1. The van der Waals surface area contributed by atoms with Crippen molar-refractivity contribution in [1.82, 2.24) is 24.6 Å². The molecule has 2 aromatic heterocycles. The first kappa shape index (κ1) is 16.7. The lowest BCUT2D eigenvalue weighted by Crippen LogP contribution is -2.31. The van der Waals surface area contributed by atoms with E-state index in [-0.39, 0.29) is 17.9 Å². The normalized spacial score (nSPS) is 19.2. The number of aromatic nitrogens is 4. The predicted molar refractivity (Wildman–Crippen MR) is 88.6 cm³/mol. The van der Waals surface area contributed by atoms with Crippen LogP contribution >= 0.6 is 0 Å². The number of ether oxygens (including phenoxy) is 2. The zero-order valence-electron chi connectivity index (χ0n) is 14.5. The summed E-state index contributed by atoms with van der Waals surface area (Å²) in [6, 6.07) is 0. The Morgan fingerprint density at radius 2 is 2.31 bits per heavy atom. The van der Waals surface area contributed by atoms with Crippen LogP contribution in [0.15, 0.2) is 12.5 Å². The van der Waals surface area contributed by atoms with Gasteiger partial charge in [0.1, 0.15) is 18.0 Å². The van der Waals surface area contributed by atoms with Crippen LogP contribution in [-0.2, 0) is 13.0 Å². The number of hydrogen-bond donors (Lipinski definition) is 0. The lowest BCUT2D eigenvalue weighted by atomic mass is 10.3. The summed E-state index contributed by atoms with van der Waals surface area (Å²) in [5, 5.41) is 4.21. The van der Waals surface area contributed by atoms with Crippen LogP contribution in [0.25, 0.3) is 0 Å². The van der Waals surface area contributed by atoms with Crippen molar-refractivity contribution < 1.29 is 18.7 Å². The molecule has 8 nitrogen and oxygen atoms in total. The first-order chi connectivity index (χ1) is 12.7. The molecule has 1 saturated heterocycles. The van der Waals surface area contributed by atoms with E-state index in [1.165, 1.54) is 6.33 Å². The van der Waals surface area contributed by atoms with Gasteiger partial charge in [-0.15, -0.1) is 0 Å². The summed E-state index contributed by atoms with van der Waals surface area (Å²) in [4.78, 5) is 22.2. The molecular formula is C17H20FN5O3. The predicted octanol–water partition coefficient (Wildman–Crippen LogP) is 1.45. The number of fused-ring (bicyclic) bond motifs is 1. The van der Waals surface area contributed by atoms with Crippen molar-refractivity contribution >= 4 is 5.91 Å². The molecule has 1 amide bonds. The summed E-state index contributed by atoms with van der Waals surface area (Å²) in [6.07, 6.45) is 4.50. The molecule has 26 heavy (non-hydrogen) atoms. The number of hydrogen-bond acceptors (Lipinski definition) is 6. The van der Waals surface area contributed by atoms with Gasteiger partial charge in [0.2, 0.25) is 11.7 Å². The van der Waals surface area contributed by atoms with E-state index in [2.05, 4.69) is 15.1 Å². The highest BCUT2D eigenvalue weighted by molar-refractivity contribution is 5.96. The summed E-state index contributed by atoms with van der Waals surface area (Å²) in [5.41, 5.74) is 0.788. The molecule has 0 N–H and O–H groups in total. The number of aryl methyl sites for hydroxylation is 2. The van der Waals surface area contributed by atoms with E-state index in [4.69, 9.17) is 9.47 Å². The molecule has 1 atom stereocenters. The van der Waals surface area contributed by atoms with Gasteiger partial charge in [0.05, 0.1) is 25.0 Å². The summed E-state index contributed by atoms with van der Waals surface area (Å²) < 4.78 is 27.2. The molecule has 2 aromatic rings. The van der Waals surface area contributed by atoms with Gasteiger partial charge in [0, 0.05) is 25.9 Å². The van der Waals surface area contributed by atoms with E-state index in [1.807, 2.05) is 6.92 Å². The Morgan fingerprint density at radius 3 is 3.15 bits per heavy atom. The Labute approximate surface area is 149 Å². The van der Waals surface area contributed by atoms with E-state index < -0.39 is 5.82 Å². The third-order valence-corrected chi connectivity index (χ3v) is 4.65. The molecule has 2 aliphatic heterocycles. The van der Waals surface area contributed by atoms with Gasteiger partial charge < -0.3 is 14.4 Å². The van der Waals surface area contributed by atoms with E-state index >= 15 is 0 Å². The standard InChI is InChI=1S/C17H20FN5O3/c1-2-13-14(18)15(20-10-19-13)26-11-4-6-22(9-11)16(24)12-8-21-23-5-3-7-25-17(12)23/h8,10-11H,2-7,9H2,1H3/t11-/m0/s1. The third-order valence-electron chi connectivity index (χ3n) is 4.65. The average Bonchev–Trinajstić information content (AvgIpc) is 3.30. The Morgan fingerprint density at radius 1 is 1.42 bits per heavy atom. The molecule has 9 heteroatoms. The van der Waals surface area contributed by atoms with Crippen molar-refractivity contribution in [3.63, 3.8) is 0 Å². The molecule has 0 unspecified atom stereocenters. The number of rotatable bonds is 4. The first-order valence-corrected chi connectivity index (χ1v) is 8.81. The summed E-state index contributed by atoms with van der Waals surface area (Å²) in [7, 11) is 0. The van der Waals surface area contributed by atoms with Gasteiger partial charge in [0.25, 0.3) is 11.8 Å². The number of carbonyl (C=O) groups is 1. The first-order valence-electron chi connectivity index (χ1n) is 8.81. The smallest absolute Gasteiger partial charge is 0.261 e. The monoisotopic (exact) mass is 361 g/mol. The van der Waals surface area contributed by atoms with Crippen LogP contribution in [-0.4, -0.2) is 56.4 Å². The van der Waals surface area contributed by atoms with Gasteiger partial charge in [-0.1, -0.05) is 6.92 Å². The zero-order valence-corrected chi connectivity index (χ0v) is 14.5. The minimum atomic E-state index is -0.529. The van der Waals surface area contributed by atoms with Crippen LogP contribution in [0, 0.1) is 5.82 Å². The SMILES string of the molecule is CCc1ncnc(O[C@H]2CCN(C(=O)c3cnn4c3OCCC4)C2)c1F. The minimum absolute atomic E-state index is 0.0533. The second kappa shape index (κ2) is 6.89. The Balaban J connectivity index is 1.44. The molecule has 0 aromatic carbocycles. The van der Waals surface area contributed by atoms with Crippen LogP contribution in [0.3, 0.4) is 0 Å². The molecule has 2 aliphatic rings. The van der Waals surface area contributed by atoms with Crippen molar-refractivity contribution in [3.8, 4) is 11.8 Å². The molecule has 0 saturated carbocycles. The number of carbonyl (C=O) groups excluding carboxylic acids is 1. The molecule has 0 bridgehead atoms. The van der Waals surface area contributed by atoms with Crippen molar-refractivity contribution in [3.05, 3.63) is 29.6 Å². The maximum Gasteiger partial charge on any atom is 0.261 e. The summed E-state index contributed by atoms with van der Waals surface area (Å²) >= 11 is 0. The topological polar surface area (TPSA) is 82.4 Å². The van der Waals surface area contributed by atoms with E-state index in [9.17, 15) is 9.18 Å². The summed E-state index contributed by atoms with van der Waals surface area (Å²) in [6.45, 7) is 4.06. The van der Waals surface area contributed by atoms with Crippen LogP contribution < -0.4 is 9.47 Å². The van der Waals surface area contributed by atoms with Crippen LogP contribution in [0.5, 0.6) is 11.8 Å². The quantitative estimate of drug-likeness (QED) is 0.820. The zero-order chi connectivity index (χ0) is 18.1.